The molecule has 4 unspecified atom stereocenters. The molecule has 0 aromatic heterocycles. The first-order valence-electron chi connectivity index (χ1n) is 9.33. The molecule has 3 N–H and O–H groups in total. The van der Waals surface area contributed by atoms with Crippen LogP contribution in [-0.4, -0.2) is 72.8 Å². The maximum absolute atomic E-state index is 12.8. The van der Waals surface area contributed by atoms with Gasteiger partial charge in [-0.1, -0.05) is 0 Å². The third kappa shape index (κ3) is 4.89. The lowest BCUT2D eigenvalue weighted by Crippen LogP contribution is -2.53. The summed E-state index contributed by atoms with van der Waals surface area (Å²) in [4.78, 5) is 38.6. The number of nitrogens with one attached hydrogen (secondary N) is 3. The Morgan fingerprint density at radius 2 is 1.92 bits per heavy atom. The van der Waals surface area contributed by atoms with Crippen LogP contribution in [0, 0.1) is 11.8 Å². The first-order chi connectivity index (χ1) is 12.5. The van der Waals surface area contributed by atoms with Crippen LogP contribution in [0.5, 0.6) is 0 Å². The lowest BCUT2D eigenvalue weighted by molar-refractivity contribution is -0.140. The summed E-state index contributed by atoms with van der Waals surface area (Å²) < 4.78 is 5.32. The van der Waals surface area contributed by atoms with E-state index in [4.69, 9.17) is 4.74 Å². The van der Waals surface area contributed by atoms with Gasteiger partial charge in [0.05, 0.1) is 30.7 Å². The predicted molar refractivity (Wildman–Crippen MR) is 98.2 cm³/mol. The third-order valence-corrected chi connectivity index (χ3v) is 6.45. The van der Waals surface area contributed by atoms with Crippen molar-refractivity contribution in [2.24, 2.45) is 11.8 Å². The largest absolute Gasteiger partial charge is 0.378 e. The van der Waals surface area contributed by atoms with Crippen molar-refractivity contribution in [1.29, 1.82) is 0 Å². The fraction of sp³-hybridized carbons (Fsp3) is 0.824. The molecule has 3 saturated heterocycles. The number of morpholine rings is 1. The Labute approximate surface area is 158 Å². The molecule has 3 aliphatic heterocycles. The van der Waals surface area contributed by atoms with E-state index in [0.29, 0.717) is 39.3 Å². The van der Waals surface area contributed by atoms with Crippen LogP contribution in [0.4, 0.5) is 0 Å². The molecule has 0 radical (unpaired) electrons. The molecule has 3 amide bonds. The van der Waals surface area contributed by atoms with Crippen LogP contribution in [-0.2, 0) is 19.1 Å². The van der Waals surface area contributed by atoms with Gasteiger partial charge in [-0.2, -0.15) is 0 Å². The van der Waals surface area contributed by atoms with Crippen molar-refractivity contribution < 1.29 is 19.1 Å². The van der Waals surface area contributed by atoms with Crippen molar-refractivity contribution in [3.05, 3.63) is 0 Å². The standard InChI is InChI=1S/C17H28N4O4S/c1-11(22)19-14-10-12(2-4-18-14)15(23)20-16-13(3-9-26-16)17(24)21-5-7-25-8-6-21/h12-14,16,18H,2-10H2,1H3,(H,19,22)(H,20,23). The molecular formula is C17H28N4O4S. The fourth-order valence-corrected chi connectivity index (χ4v) is 5.10. The zero-order valence-electron chi connectivity index (χ0n) is 15.2. The number of hydrogen-bond donors (Lipinski definition) is 3. The highest BCUT2D eigenvalue weighted by Gasteiger charge is 2.39. The minimum absolute atomic E-state index is 0.0129. The Morgan fingerprint density at radius 1 is 1.15 bits per heavy atom. The van der Waals surface area contributed by atoms with E-state index in [9.17, 15) is 14.4 Å². The molecule has 0 aromatic rings. The summed E-state index contributed by atoms with van der Waals surface area (Å²) in [7, 11) is 0. The van der Waals surface area contributed by atoms with Gasteiger partial charge in [-0.3, -0.25) is 19.7 Å². The molecule has 4 atom stereocenters. The van der Waals surface area contributed by atoms with Gasteiger partial charge in [0.2, 0.25) is 17.7 Å². The van der Waals surface area contributed by atoms with Gasteiger partial charge >= 0.3 is 0 Å². The molecule has 3 aliphatic rings. The Kier molecular flexibility index (Phi) is 6.77. The second kappa shape index (κ2) is 9.05. The summed E-state index contributed by atoms with van der Waals surface area (Å²) in [5, 5.41) is 8.97. The van der Waals surface area contributed by atoms with E-state index in [0.717, 1.165) is 18.6 Å². The number of ether oxygens (including phenoxy) is 1. The highest BCUT2D eigenvalue weighted by atomic mass is 32.2. The molecule has 26 heavy (non-hydrogen) atoms. The average molecular weight is 385 g/mol. The third-order valence-electron chi connectivity index (χ3n) is 5.17. The van der Waals surface area contributed by atoms with Crippen molar-refractivity contribution in [2.45, 2.75) is 37.7 Å². The van der Waals surface area contributed by atoms with E-state index in [2.05, 4.69) is 16.0 Å². The van der Waals surface area contributed by atoms with Gasteiger partial charge in [0.1, 0.15) is 0 Å². The summed E-state index contributed by atoms with van der Waals surface area (Å²) in [6, 6.07) is 0. The molecule has 0 saturated carbocycles. The van der Waals surface area contributed by atoms with Crippen molar-refractivity contribution in [3.8, 4) is 0 Å². The Morgan fingerprint density at radius 3 is 2.65 bits per heavy atom. The van der Waals surface area contributed by atoms with Gasteiger partial charge in [0, 0.05) is 25.9 Å². The summed E-state index contributed by atoms with van der Waals surface area (Å²) in [6.45, 7) is 4.60. The van der Waals surface area contributed by atoms with E-state index < -0.39 is 0 Å². The van der Waals surface area contributed by atoms with E-state index in [1.54, 1.807) is 11.8 Å². The first-order valence-corrected chi connectivity index (χ1v) is 10.4. The fourth-order valence-electron chi connectivity index (χ4n) is 3.77. The maximum Gasteiger partial charge on any atom is 0.228 e. The Hall–Kier alpha value is -1.32. The van der Waals surface area contributed by atoms with Gasteiger partial charge in [0.15, 0.2) is 0 Å². The molecule has 0 spiro atoms. The number of piperidine rings is 1. The number of thioether (sulfide) groups is 1. The van der Waals surface area contributed by atoms with Crippen molar-refractivity contribution in [1.82, 2.24) is 20.9 Å². The Balaban J connectivity index is 1.54. The number of nitrogens with zero attached hydrogens (tertiary/aromatic N) is 1. The second-order valence-corrected chi connectivity index (χ2v) is 8.31. The van der Waals surface area contributed by atoms with E-state index in [1.165, 1.54) is 6.92 Å². The van der Waals surface area contributed by atoms with E-state index in [1.807, 2.05) is 4.90 Å². The minimum Gasteiger partial charge on any atom is -0.378 e. The molecule has 8 nitrogen and oxygen atoms in total. The number of rotatable bonds is 4. The minimum atomic E-state index is -0.168. The number of carbonyl (C=O) groups excluding carboxylic acids is 3. The van der Waals surface area contributed by atoms with Gasteiger partial charge in [-0.05, 0) is 31.6 Å². The Bertz CT molecular complexity index is 541. The SMILES string of the molecule is CC(=O)NC1CC(C(=O)NC2SCCC2C(=O)N2CCOCC2)CCN1. The number of amides is 3. The second-order valence-electron chi connectivity index (χ2n) is 7.06. The maximum atomic E-state index is 12.8. The molecule has 3 rings (SSSR count). The quantitative estimate of drug-likeness (QED) is 0.605. The molecular weight excluding hydrogens is 356 g/mol. The number of carbonyl (C=O) groups is 3. The molecule has 0 aliphatic carbocycles. The first kappa shape index (κ1) is 19.4. The van der Waals surface area contributed by atoms with Crippen LogP contribution in [0.1, 0.15) is 26.2 Å². The van der Waals surface area contributed by atoms with Gasteiger partial charge in [-0.25, -0.2) is 0 Å². The highest BCUT2D eigenvalue weighted by Crippen LogP contribution is 2.32. The van der Waals surface area contributed by atoms with Gasteiger partial charge < -0.3 is 20.3 Å². The summed E-state index contributed by atoms with van der Waals surface area (Å²) in [5.41, 5.74) is 0. The molecule has 0 bridgehead atoms. The van der Waals surface area contributed by atoms with Crippen LogP contribution >= 0.6 is 11.8 Å². The van der Waals surface area contributed by atoms with Crippen molar-refractivity contribution >= 4 is 29.5 Å². The van der Waals surface area contributed by atoms with Crippen LogP contribution in [0.2, 0.25) is 0 Å². The summed E-state index contributed by atoms with van der Waals surface area (Å²) >= 11 is 1.65. The molecule has 0 aromatic carbocycles. The van der Waals surface area contributed by atoms with Gasteiger partial charge in [0.25, 0.3) is 0 Å². The van der Waals surface area contributed by atoms with E-state index >= 15 is 0 Å². The van der Waals surface area contributed by atoms with Crippen LogP contribution < -0.4 is 16.0 Å². The summed E-state index contributed by atoms with van der Waals surface area (Å²) in [5.74, 6) is 0.590. The van der Waals surface area contributed by atoms with Crippen LogP contribution in [0.15, 0.2) is 0 Å². The van der Waals surface area contributed by atoms with Crippen LogP contribution in [0.3, 0.4) is 0 Å². The topological polar surface area (TPSA) is 99.8 Å². The molecule has 3 fully saturated rings. The number of hydrogen-bond acceptors (Lipinski definition) is 6. The van der Waals surface area contributed by atoms with Gasteiger partial charge in [-0.15, -0.1) is 11.8 Å². The zero-order chi connectivity index (χ0) is 18.5. The van der Waals surface area contributed by atoms with Crippen molar-refractivity contribution in [2.75, 3.05) is 38.6 Å². The average Bonchev–Trinajstić information content (AvgIpc) is 3.09. The lowest BCUT2D eigenvalue weighted by Gasteiger charge is -2.33. The predicted octanol–water partition coefficient (Wildman–Crippen LogP) is -0.498. The van der Waals surface area contributed by atoms with Crippen molar-refractivity contribution in [3.63, 3.8) is 0 Å². The summed E-state index contributed by atoms with van der Waals surface area (Å²) in [6.07, 6.45) is 1.94. The normalized spacial score (nSPS) is 32.1. The molecule has 3 heterocycles. The molecule has 146 valence electrons. The smallest absolute Gasteiger partial charge is 0.228 e. The van der Waals surface area contributed by atoms with Crippen LogP contribution in [0.25, 0.3) is 0 Å². The highest BCUT2D eigenvalue weighted by molar-refractivity contribution is 8.00. The monoisotopic (exact) mass is 384 g/mol. The lowest BCUT2D eigenvalue weighted by atomic mass is 9.94. The van der Waals surface area contributed by atoms with E-state index in [-0.39, 0.29) is 41.1 Å². The molecule has 9 heteroatoms. The zero-order valence-corrected chi connectivity index (χ0v) is 16.0.